The van der Waals surface area contributed by atoms with E-state index in [0.29, 0.717) is 23.4 Å². The van der Waals surface area contributed by atoms with Gasteiger partial charge in [-0.05, 0) is 19.3 Å². The van der Waals surface area contributed by atoms with Crippen LogP contribution in [0.5, 0.6) is 0 Å². The maximum atomic E-state index is 11.2. The van der Waals surface area contributed by atoms with E-state index in [-0.39, 0.29) is 17.5 Å². The Bertz CT molecular complexity index is 472. The second-order valence-electron chi connectivity index (χ2n) is 4.27. The molecular formula is C11H16N4O2S. The van der Waals surface area contributed by atoms with Crippen LogP contribution in [0.4, 0.5) is 0 Å². The van der Waals surface area contributed by atoms with Gasteiger partial charge < -0.3 is 16.0 Å². The molecule has 2 rings (SSSR count). The minimum atomic E-state index is -0.322. The summed E-state index contributed by atoms with van der Waals surface area (Å²) in [7, 11) is 0. The normalized spacial score (nSPS) is 16.4. The second-order valence-corrected chi connectivity index (χ2v) is 5.36. The monoisotopic (exact) mass is 268 g/mol. The molecule has 4 N–H and O–H groups in total. The Labute approximate surface area is 109 Å². The number of rotatable bonds is 7. The number of nitrogens with one attached hydrogen (secondary N) is 2. The van der Waals surface area contributed by atoms with E-state index in [4.69, 9.17) is 5.73 Å². The van der Waals surface area contributed by atoms with Gasteiger partial charge in [-0.2, -0.15) is 0 Å². The molecule has 1 amide bonds. The standard InChI is InChI=1S/C11H16N4O2S/c12-10(17)8(14-7-1-2-7)4-6-18-11-13-5-3-9(16)15-11/h3,5,7-8,14H,1-2,4,6H2,(H2,12,17)(H,13,15,16). The van der Waals surface area contributed by atoms with Crippen LogP contribution >= 0.6 is 11.8 Å². The van der Waals surface area contributed by atoms with Gasteiger partial charge in [0.15, 0.2) is 5.16 Å². The lowest BCUT2D eigenvalue weighted by molar-refractivity contribution is -0.120. The molecule has 1 fully saturated rings. The molecule has 1 aliphatic carbocycles. The van der Waals surface area contributed by atoms with Crippen molar-refractivity contribution in [2.45, 2.75) is 36.5 Å². The summed E-state index contributed by atoms with van der Waals surface area (Å²) in [5, 5.41) is 3.77. The number of primary amides is 1. The number of carbonyl (C=O) groups is 1. The number of hydrogen-bond acceptors (Lipinski definition) is 5. The summed E-state index contributed by atoms with van der Waals surface area (Å²) in [6.07, 6.45) is 4.33. The summed E-state index contributed by atoms with van der Waals surface area (Å²) in [6.45, 7) is 0. The molecule has 0 spiro atoms. The maximum absolute atomic E-state index is 11.2. The van der Waals surface area contributed by atoms with Crippen molar-refractivity contribution in [3.8, 4) is 0 Å². The highest BCUT2D eigenvalue weighted by Gasteiger charge is 2.26. The molecule has 1 aromatic heterocycles. The van der Waals surface area contributed by atoms with Gasteiger partial charge in [0, 0.05) is 24.1 Å². The SMILES string of the molecule is NC(=O)C(CCSc1nccc(=O)[nH]1)NC1CC1. The first-order chi connectivity index (χ1) is 8.65. The zero-order chi connectivity index (χ0) is 13.0. The van der Waals surface area contributed by atoms with Gasteiger partial charge in [0.05, 0.1) is 6.04 Å². The van der Waals surface area contributed by atoms with E-state index in [2.05, 4.69) is 15.3 Å². The molecular weight excluding hydrogens is 252 g/mol. The van der Waals surface area contributed by atoms with E-state index >= 15 is 0 Å². The van der Waals surface area contributed by atoms with E-state index in [9.17, 15) is 9.59 Å². The maximum Gasteiger partial charge on any atom is 0.251 e. The number of H-pyrrole nitrogens is 1. The molecule has 18 heavy (non-hydrogen) atoms. The zero-order valence-corrected chi connectivity index (χ0v) is 10.7. The summed E-state index contributed by atoms with van der Waals surface area (Å²) in [4.78, 5) is 28.9. The minimum absolute atomic E-state index is 0.171. The summed E-state index contributed by atoms with van der Waals surface area (Å²) in [6, 6.07) is 1.52. The molecule has 0 radical (unpaired) electrons. The number of thioether (sulfide) groups is 1. The summed E-state index contributed by atoms with van der Waals surface area (Å²) in [5.74, 6) is 0.359. The third kappa shape index (κ3) is 4.15. The van der Waals surface area contributed by atoms with Crippen LogP contribution in [-0.4, -0.2) is 33.7 Å². The van der Waals surface area contributed by atoms with Crippen LogP contribution in [0.15, 0.2) is 22.2 Å². The van der Waals surface area contributed by atoms with Gasteiger partial charge in [0.2, 0.25) is 5.91 Å². The van der Waals surface area contributed by atoms with Crippen LogP contribution < -0.4 is 16.6 Å². The van der Waals surface area contributed by atoms with Crippen molar-refractivity contribution in [3.63, 3.8) is 0 Å². The van der Waals surface area contributed by atoms with Gasteiger partial charge >= 0.3 is 0 Å². The molecule has 0 bridgehead atoms. The van der Waals surface area contributed by atoms with Gasteiger partial charge in [-0.1, -0.05) is 11.8 Å². The molecule has 1 aromatic rings. The number of nitrogens with two attached hydrogens (primary N) is 1. The van der Waals surface area contributed by atoms with Crippen molar-refractivity contribution in [2.75, 3.05) is 5.75 Å². The van der Waals surface area contributed by atoms with Gasteiger partial charge in [0.1, 0.15) is 0 Å². The lowest BCUT2D eigenvalue weighted by atomic mass is 10.2. The molecule has 1 atom stereocenters. The molecule has 1 unspecified atom stereocenters. The van der Waals surface area contributed by atoms with Crippen molar-refractivity contribution in [3.05, 3.63) is 22.6 Å². The first kappa shape index (κ1) is 13.1. The summed E-state index contributed by atoms with van der Waals surface area (Å²) < 4.78 is 0. The smallest absolute Gasteiger partial charge is 0.251 e. The van der Waals surface area contributed by atoms with E-state index in [0.717, 1.165) is 12.8 Å². The van der Waals surface area contributed by atoms with Crippen molar-refractivity contribution < 1.29 is 4.79 Å². The highest BCUT2D eigenvalue weighted by atomic mass is 32.2. The Hall–Kier alpha value is -1.34. The lowest BCUT2D eigenvalue weighted by Gasteiger charge is -2.14. The number of aromatic amines is 1. The molecule has 0 saturated heterocycles. The molecule has 1 heterocycles. The molecule has 6 nitrogen and oxygen atoms in total. The average molecular weight is 268 g/mol. The fourth-order valence-corrected chi connectivity index (χ4v) is 2.40. The quantitative estimate of drug-likeness (QED) is 0.472. The van der Waals surface area contributed by atoms with Gasteiger partial charge in [-0.25, -0.2) is 4.98 Å². The Balaban J connectivity index is 1.78. The zero-order valence-electron chi connectivity index (χ0n) is 9.89. The lowest BCUT2D eigenvalue weighted by Crippen LogP contribution is -2.42. The molecule has 1 saturated carbocycles. The van der Waals surface area contributed by atoms with E-state index < -0.39 is 0 Å². The van der Waals surface area contributed by atoms with E-state index in [1.165, 1.54) is 24.0 Å². The molecule has 98 valence electrons. The number of aromatic nitrogens is 2. The highest BCUT2D eigenvalue weighted by Crippen LogP contribution is 2.21. The van der Waals surface area contributed by atoms with Crippen LogP contribution in [0, 0.1) is 0 Å². The van der Waals surface area contributed by atoms with E-state index in [1.54, 1.807) is 0 Å². The van der Waals surface area contributed by atoms with Crippen molar-refractivity contribution in [2.24, 2.45) is 5.73 Å². The van der Waals surface area contributed by atoms with Crippen LogP contribution in [0.1, 0.15) is 19.3 Å². The first-order valence-corrected chi connectivity index (χ1v) is 6.87. The van der Waals surface area contributed by atoms with Gasteiger partial charge in [-0.3, -0.25) is 9.59 Å². The fraction of sp³-hybridized carbons (Fsp3) is 0.545. The predicted octanol–water partition coefficient (Wildman–Crippen LogP) is -0.142. The van der Waals surface area contributed by atoms with Crippen LogP contribution in [-0.2, 0) is 4.79 Å². The highest BCUT2D eigenvalue weighted by molar-refractivity contribution is 7.99. The molecule has 0 aromatic carbocycles. The second kappa shape index (κ2) is 6.01. The number of carbonyl (C=O) groups excluding carboxylic acids is 1. The summed E-state index contributed by atoms with van der Waals surface area (Å²) in [5.41, 5.74) is 5.16. The van der Waals surface area contributed by atoms with Crippen molar-refractivity contribution >= 4 is 17.7 Å². The Kier molecular flexibility index (Phi) is 4.38. The van der Waals surface area contributed by atoms with E-state index in [1.807, 2.05) is 0 Å². The molecule has 1 aliphatic rings. The Morgan fingerprint density at radius 1 is 1.67 bits per heavy atom. The predicted molar refractivity (Wildman–Crippen MR) is 69.3 cm³/mol. The third-order valence-corrected chi connectivity index (χ3v) is 3.57. The summed E-state index contributed by atoms with van der Waals surface area (Å²) >= 11 is 1.41. The topological polar surface area (TPSA) is 101 Å². The minimum Gasteiger partial charge on any atom is -0.368 e. The Morgan fingerprint density at radius 2 is 2.44 bits per heavy atom. The van der Waals surface area contributed by atoms with Crippen LogP contribution in [0.2, 0.25) is 0 Å². The molecule has 7 heteroatoms. The van der Waals surface area contributed by atoms with Crippen LogP contribution in [0.25, 0.3) is 0 Å². The largest absolute Gasteiger partial charge is 0.368 e. The first-order valence-electron chi connectivity index (χ1n) is 5.88. The molecule has 0 aliphatic heterocycles. The number of amides is 1. The average Bonchev–Trinajstić information content (AvgIpc) is 3.11. The third-order valence-electron chi connectivity index (χ3n) is 2.65. The number of hydrogen-bond donors (Lipinski definition) is 3. The van der Waals surface area contributed by atoms with Crippen molar-refractivity contribution in [1.29, 1.82) is 0 Å². The Morgan fingerprint density at radius 3 is 3.06 bits per heavy atom. The van der Waals surface area contributed by atoms with Crippen LogP contribution in [0.3, 0.4) is 0 Å². The van der Waals surface area contributed by atoms with Gasteiger partial charge in [0.25, 0.3) is 5.56 Å². The fourth-order valence-electron chi connectivity index (χ4n) is 1.54. The van der Waals surface area contributed by atoms with Gasteiger partial charge in [-0.15, -0.1) is 0 Å². The number of nitrogens with zero attached hydrogens (tertiary/aromatic N) is 1. The van der Waals surface area contributed by atoms with Crippen molar-refractivity contribution in [1.82, 2.24) is 15.3 Å².